The molecule has 0 amide bonds. The predicted molar refractivity (Wildman–Crippen MR) is 109 cm³/mol. The Morgan fingerprint density at radius 3 is 2.53 bits per heavy atom. The van der Waals surface area contributed by atoms with Gasteiger partial charge >= 0.3 is 5.97 Å². The fourth-order valence-electron chi connectivity index (χ4n) is 3.26. The standard InChI is InChI=1S/C21H22FN3O4S/c1-24(2)30(27,28)17-6-8-20(25-9-3-4-10-25)18(12-17)21(26)29-14-16-11-15(13-23)5-7-19(16)22/h5-8,11-12H,3-4,9-10,14H2,1-2H3. The molecule has 0 N–H and O–H groups in total. The van der Waals surface area contributed by atoms with E-state index in [0.29, 0.717) is 5.69 Å². The summed E-state index contributed by atoms with van der Waals surface area (Å²) in [6.45, 7) is 1.13. The summed E-state index contributed by atoms with van der Waals surface area (Å²) in [7, 11) is -0.926. The number of anilines is 1. The lowest BCUT2D eigenvalue weighted by Gasteiger charge is -2.22. The molecule has 3 rings (SSSR count). The second-order valence-corrected chi connectivity index (χ2v) is 9.31. The quantitative estimate of drug-likeness (QED) is 0.654. The van der Waals surface area contributed by atoms with E-state index in [-0.39, 0.29) is 28.2 Å². The second kappa shape index (κ2) is 8.81. The van der Waals surface area contributed by atoms with E-state index in [9.17, 15) is 17.6 Å². The van der Waals surface area contributed by atoms with Gasteiger partial charge in [0, 0.05) is 32.7 Å². The maximum absolute atomic E-state index is 14.0. The van der Waals surface area contributed by atoms with Crippen molar-refractivity contribution in [2.75, 3.05) is 32.1 Å². The molecule has 0 aromatic heterocycles. The number of sulfonamides is 1. The van der Waals surface area contributed by atoms with E-state index in [4.69, 9.17) is 10.00 Å². The molecule has 9 heteroatoms. The van der Waals surface area contributed by atoms with Crippen LogP contribution >= 0.6 is 0 Å². The summed E-state index contributed by atoms with van der Waals surface area (Å²) in [5.74, 6) is -1.35. The van der Waals surface area contributed by atoms with Gasteiger partial charge in [0.2, 0.25) is 10.0 Å². The van der Waals surface area contributed by atoms with Crippen molar-refractivity contribution in [1.82, 2.24) is 4.31 Å². The third kappa shape index (κ3) is 4.45. The minimum Gasteiger partial charge on any atom is -0.457 e. The van der Waals surface area contributed by atoms with Gasteiger partial charge in [0.1, 0.15) is 12.4 Å². The highest BCUT2D eigenvalue weighted by Gasteiger charge is 2.25. The van der Waals surface area contributed by atoms with Crippen LogP contribution < -0.4 is 4.90 Å². The smallest absolute Gasteiger partial charge is 0.340 e. The molecule has 0 atom stereocenters. The van der Waals surface area contributed by atoms with Crippen molar-refractivity contribution in [2.45, 2.75) is 24.3 Å². The SMILES string of the molecule is CN(C)S(=O)(=O)c1ccc(N2CCCC2)c(C(=O)OCc2cc(C#N)ccc2F)c1. The first kappa shape index (κ1) is 21.7. The summed E-state index contributed by atoms with van der Waals surface area (Å²) < 4.78 is 45.4. The van der Waals surface area contributed by atoms with Crippen LogP contribution in [-0.4, -0.2) is 45.9 Å². The molecule has 1 aliphatic heterocycles. The number of ether oxygens (including phenoxy) is 1. The molecular formula is C21H22FN3O4S. The normalized spacial score (nSPS) is 14.0. The highest BCUT2D eigenvalue weighted by atomic mass is 32.2. The Balaban J connectivity index is 1.93. The van der Waals surface area contributed by atoms with Gasteiger partial charge in [-0.3, -0.25) is 0 Å². The van der Waals surface area contributed by atoms with Crippen LogP contribution in [0.25, 0.3) is 0 Å². The number of esters is 1. The van der Waals surface area contributed by atoms with E-state index in [0.717, 1.165) is 36.3 Å². The minimum absolute atomic E-state index is 0.0277. The van der Waals surface area contributed by atoms with Crippen molar-refractivity contribution >= 4 is 21.7 Å². The molecule has 0 radical (unpaired) electrons. The van der Waals surface area contributed by atoms with Crippen molar-refractivity contribution in [3.05, 3.63) is 58.9 Å². The van der Waals surface area contributed by atoms with Crippen molar-refractivity contribution < 1.29 is 22.3 Å². The number of halogens is 1. The molecule has 158 valence electrons. The number of nitrogens with zero attached hydrogens (tertiary/aromatic N) is 3. The predicted octanol–water partition coefficient (Wildman–Crippen LogP) is 2.90. The summed E-state index contributed by atoms with van der Waals surface area (Å²) in [6.07, 6.45) is 1.94. The molecule has 1 aliphatic rings. The van der Waals surface area contributed by atoms with Gasteiger partial charge in [0.25, 0.3) is 0 Å². The lowest BCUT2D eigenvalue weighted by atomic mass is 10.1. The number of nitriles is 1. The number of carbonyl (C=O) groups is 1. The third-order valence-corrected chi connectivity index (χ3v) is 6.76. The summed E-state index contributed by atoms with van der Waals surface area (Å²) in [6, 6.07) is 10.1. The van der Waals surface area contributed by atoms with Crippen LogP contribution in [0.4, 0.5) is 10.1 Å². The Labute approximate surface area is 175 Å². The summed E-state index contributed by atoms with van der Waals surface area (Å²) in [5.41, 5.74) is 1.01. The van der Waals surface area contributed by atoms with Gasteiger partial charge in [0.05, 0.1) is 27.8 Å². The Bertz CT molecular complexity index is 1100. The van der Waals surface area contributed by atoms with Crippen LogP contribution in [0.5, 0.6) is 0 Å². The minimum atomic E-state index is -3.75. The summed E-state index contributed by atoms with van der Waals surface area (Å²) in [5, 5.41) is 8.97. The third-order valence-electron chi connectivity index (χ3n) is 4.95. The lowest BCUT2D eigenvalue weighted by Crippen LogP contribution is -2.24. The number of hydrogen-bond donors (Lipinski definition) is 0. The molecule has 1 saturated heterocycles. The van der Waals surface area contributed by atoms with Gasteiger partial charge in [0.15, 0.2) is 0 Å². The highest BCUT2D eigenvalue weighted by molar-refractivity contribution is 7.89. The average Bonchev–Trinajstić information content (AvgIpc) is 3.27. The second-order valence-electron chi connectivity index (χ2n) is 7.15. The van der Waals surface area contributed by atoms with Gasteiger partial charge in [-0.2, -0.15) is 5.26 Å². The highest BCUT2D eigenvalue weighted by Crippen LogP contribution is 2.29. The Morgan fingerprint density at radius 1 is 1.20 bits per heavy atom. The van der Waals surface area contributed by atoms with Gasteiger partial charge < -0.3 is 9.64 Å². The molecule has 1 heterocycles. The van der Waals surface area contributed by atoms with E-state index >= 15 is 0 Å². The van der Waals surface area contributed by atoms with E-state index in [1.165, 1.54) is 38.4 Å². The van der Waals surface area contributed by atoms with Crippen LogP contribution in [0, 0.1) is 17.1 Å². The largest absolute Gasteiger partial charge is 0.457 e. The van der Waals surface area contributed by atoms with E-state index in [2.05, 4.69) is 0 Å². The molecule has 2 aromatic carbocycles. The van der Waals surface area contributed by atoms with Gasteiger partial charge in [-0.25, -0.2) is 21.9 Å². The zero-order valence-corrected chi connectivity index (χ0v) is 17.6. The Hall–Kier alpha value is -2.96. The molecule has 1 fully saturated rings. The number of rotatable bonds is 6. The maximum atomic E-state index is 14.0. The van der Waals surface area contributed by atoms with Gasteiger partial charge in [-0.05, 0) is 49.2 Å². The topological polar surface area (TPSA) is 90.7 Å². The number of hydrogen-bond acceptors (Lipinski definition) is 6. The van der Waals surface area contributed by atoms with Crippen molar-refractivity contribution in [3.8, 4) is 6.07 Å². The molecule has 0 unspecified atom stereocenters. The fourth-order valence-corrected chi connectivity index (χ4v) is 4.19. The van der Waals surface area contributed by atoms with Crippen LogP contribution in [0.3, 0.4) is 0 Å². The monoisotopic (exact) mass is 431 g/mol. The van der Waals surface area contributed by atoms with Crippen LogP contribution in [0.1, 0.15) is 34.3 Å². The lowest BCUT2D eigenvalue weighted by molar-refractivity contribution is 0.0469. The first-order valence-electron chi connectivity index (χ1n) is 9.41. The molecule has 30 heavy (non-hydrogen) atoms. The van der Waals surface area contributed by atoms with E-state index < -0.39 is 21.8 Å². The van der Waals surface area contributed by atoms with Crippen LogP contribution in [0.15, 0.2) is 41.3 Å². The molecule has 7 nitrogen and oxygen atoms in total. The summed E-state index contributed by atoms with van der Waals surface area (Å²) >= 11 is 0. The number of benzene rings is 2. The zero-order chi connectivity index (χ0) is 21.9. The van der Waals surface area contributed by atoms with Crippen LogP contribution in [0.2, 0.25) is 0 Å². The summed E-state index contributed by atoms with van der Waals surface area (Å²) in [4.78, 5) is 14.8. The first-order valence-corrected chi connectivity index (χ1v) is 10.8. The van der Waals surface area contributed by atoms with E-state index in [1.807, 2.05) is 11.0 Å². The maximum Gasteiger partial charge on any atom is 0.340 e. The van der Waals surface area contributed by atoms with Crippen molar-refractivity contribution in [3.63, 3.8) is 0 Å². The van der Waals surface area contributed by atoms with Gasteiger partial charge in [-0.1, -0.05) is 0 Å². The number of carbonyl (C=O) groups excluding carboxylic acids is 1. The molecule has 0 bridgehead atoms. The van der Waals surface area contributed by atoms with Gasteiger partial charge in [-0.15, -0.1) is 0 Å². The molecular weight excluding hydrogens is 409 g/mol. The molecule has 0 saturated carbocycles. The van der Waals surface area contributed by atoms with Crippen LogP contribution in [-0.2, 0) is 21.4 Å². The average molecular weight is 431 g/mol. The van der Waals surface area contributed by atoms with Crippen molar-refractivity contribution in [2.24, 2.45) is 0 Å². The molecule has 2 aromatic rings. The first-order chi connectivity index (χ1) is 14.2. The Kier molecular flexibility index (Phi) is 6.39. The molecule has 0 aliphatic carbocycles. The molecule has 0 spiro atoms. The fraction of sp³-hybridized carbons (Fsp3) is 0.333. The zero-order valence-electron chi connectivity index (χ0n) is 16.8. The Morgan fingerprint density at radius 2 is 1.90 bits per heavy atom. The van der Waals surface area contributed by atoms with Crippen molar-refractivity contribution in [1.29, 1.82) is 5.26 Å². The van der Waals surface area contributed by atoms with E-state index in [1.54, 1.807) is 6.07 Å².